The monoisotopic (exact) mass is 319 g/mol. The van der Waals surface area contributed by atoms with Gasteiger partial charge in [0.1, 0.15) is 17.8 Å². The minimum atomic E-state index is -0.395. The first-order valence-corrected chi connectivity index (χ1v) is 8.16. The first kappa shape index (κ1) is 14.5. The van der Waals surface area contributed by atoms with Gasteiger partial charge < -0.3 is 14.5 Å². The molecule has 0 N–H and O–H groups in total. The van der Waals surface area contributed by atoms with Crippen molar-refractivity contribution in [2.45, 2.75) is 37.8 Å². The number of carbonyl (C=O) groups excluding carboxylic acids is 2. The Bertz CT molecular complexity index is 635. The Hall–Kier alpha value is -2.12. The van der Waals surface area contributed by atoms with Crippen LogP contribution in [0.15, 0.2) is 6.33 Å². The number of nitrogens with zero attached hydrogens (tertiary/aromatic N) is 5. The number of hydrogen-bond acceptors (Lipinski definition) is 5. The van der Waals surface area contributed by atoms with E-state index in [9.17, 15) is 9.59 Å². The Morgan fingerprint density at radius 1 is 1.39 bits per heavy atom. The Morgan fingerprint density at radius 2 is 2.17 bits per heavy atom. The number of rotatable bonds is 1. The maximum absolute atomic E-state index is 12.8. The van der Waals surface area contributed by atoms with E-state index in [2.05, 4.69) is 10.1 Å². The van der Waals surface area contributed by atoms with Crippen LogP contribution < -0.4 is 0 Å². The summed E-state index contributed by atoms with van der Waals surface area (Å²) in [6.45, 7) is 2.55. The van der Waals surface area contributed by atoms with E-state index in [0.717, 1.165) is 31.5 Å². The van der Waals surface area contributed by atoms with E-state index in [0.29, 0.717) is 26.2 Å². The van der Waals surface area contributed by atoms with E-state index in [-0.39, 0.29) is 17.9 Å². The summed E-state index contributed by atoms with van der Waals surface area (Å²) in [7, 11) is 1.76. The molecule has 0 aromatic carbocycles. The molecular formula is C15H21N5O3. The van der Waals surface area contributed by atoms with Gasteiger partial charge in [-0.25, -0.2) is 14.5 Å². The van der Waals surface area contributed by atoms with Crippen LogP contribution in [0.1, 0.15) is 25.1 Å². The molecule has 0 bridgehead atoms. The van der Waals surface area contributed by atoms with Crippen molar-refractivity contribution in [3.8, 4) is 0 Å². The molecule has 1 aromatic heterocycles. The van der Waals surface area contributed by atoms with Crippen molar-refractivity contribution in [3.05, 3.63) is 12.2 Å². The fourth-order valence-electron chi connectivity index (χ4n) is 3.88. The zero-order valence-electron chi connectivity index (χ0n) is 13.3. The summed E-state index contributed by atoms with van der Waals surface area (Å²) in [5.74, 6) is 1.14. The molecule has 2 amide bonds. The molecule has 4 heterocycles. The lowest BCUT2D eigenvalue weighted by molar-refractivity contribution is -0.140. The van der Waals surface area contributed by atoms with Gasteiger partial charge in [0.05, 0.1) is 19.0 Å². The van der Waals surface area contributed by atoms with Crippen molar-refractivity contribution >= 4 is 12.0 Å². The zero-order valence-corrected chi connectivity index (χ0v) is 13.3. The summed E-state index contributed by atoms with van der Waals surface area (Å²) in [6, 6.07) is 0. The number of carbonyl (C=O) groups is 2. The van der Waals surface area contributed by atoms with E-state index < -0.39 is 5.60 Å². The lowest BCUT2D eigenvalue weighted by Gasteiger charge is -2.39. The molecule has 4 rings (SSSR count). The van der Waals surface area contributed by atoms with E-state index >= 15 is 0 Å². The Balaban J connectivity index is 1.37. The highest BCUT2D eigenvalue weighted by atomic mass is 16.6. The van der Waals surface area contributed by atoms with Crippen LogP contribution in [0.3, 0.4) is 0 Å². The smallest absolute Gasteiger partial charge is 0.410 e. The van der Waals surface area contributed by atoms with Crippen LogP contribution in [-0.2, 0) is 22.5 Å². The van der Waals surface area contributed by atoms with Crippen LogP contribution in [0.2, 0.25) is 0 Å². The zero-order chi connectivity index (χ0) is 16.0. The fraction of sp³-hybridized carbons (Fsp3) is 0.733. The molecule has 1 aromatic rings. The van der Waals surface area contributed by atoms with Crippen LogP contribution in [0.5, 0.6) is 0 Å². The van der Waals surface area contributed by atoms with Crippen molar-refractivity contribution in [3.63, 3.8) is 0 Å². The van der Waals surface area contributed by atoms with Crippen LogP contribution >= 0.6 is 0 Å². The predicted octanol–water partition coefficient (Wildman–Crippen LogP) is 0.284. The van der Waals surface area contributed by atoms with Gasteiger partial charge in [0.15, 0.2) is 0 Å². The van der Waals surface area contributed by atoms with Gasteiger partial charge in [-0.05, 0) is 6.42 Å². The van der Waals surface area contributed by atoms with E-state index in [1.54, 1.807) is 18.3 Å². The molecule has 2 saturated heterocycles. The number of aryl methyl sites for hydroxylation is 1. The number of aromatic nitrogens is 3. The molecule has 3 aliphatic rings. The van der Waals surface area contributed by atoms with E-state index in [1.165, 1.54) is 0 Å². The van der Waals surface area contributed by atoms with Gasteiger partial charge in [0.25, 0.3) is 0 Å². The molecule has 0 aliphatic carbocycles. The normalized spacial score (nSPS) is 26.3. The van der Waals surface area contributed by atoms with Gasteiger partial charge in [-0.3, -0.25) is 4.79 Å². The summed E-state index contributed by atoms with van der Waals surface area (Å²) in [5, 5.41) is 4.18. The van der Waals surface area contributed by atoms with Crippen molar-refractivity contribution in [2.24, 2.45) is 5.92 Å². The summed E-state index contributed by atoms with van der Waals surface area (Å²) in [5.41, 5.74) is -0.395. The third-order valence-electron chi connectivity index (χ3n) is 5.28. The number of amides is 2. The maximum Gasteiger partial charge on any atom is 0.410 e. The fourth-order valence-corrected chi connectivity index (χ4v) is 3.88. The summed E-state index contributed by atoms with van der Waals surface area (Å²) < 4.78 is 7.38. The van der Waals surface area contributed by atoms with Gasteiger partial charge in [-0.15, -0.1) is 0 Å². The molecule has 1 spiro atoms. The first-order chi connectivity index (χ1) is 11.1. The number of likely N-dealkylation sites (N-methyl/N-ethyl adjacent to an activating group) is 1. The average molecular weight is 319 g/mol. The van der Waals surface area contributed by atoms with Gasteiger partial charge in [-0.1, -0.05) is 0 Å². The number of fused-ring (bicyclic) bond motifs is 1. The van der Waals surface area contributed by atoms with Crippen LogP contribution in [0, 0.1) is 5.92 Å². The third kappa shape index (κ3) is 2.46. The minimum absolute atomic E-state index is 0.0212. The third-order valence-corrected chi connectivity index (χ3v) is 5.28. The van der Waals surface area contributed by atoms with Crippen molar-refractivity contribution in [1.29, 1.82) is 0 Å². The summed E-state index contributed by atoms with van der Waals surface area (Å²) >= 11 is 0. The Labute approximate surface area is 134 Å². The highest BCUT2D eigenvalue weighted by molar-refractivity contribution is 5.79. The largest absolute Gasteiger partial charge is 0.441 e. The quantitative estimate of drug-likeness (QED) is 0.743. The predicted molar refractivity (Wildman–Crippen MR) is 79.5 cm³/mol. The second kappa shape index (κ2) is 5.21. The van der Waals surface area contributed by atoms with Crippen molar-refractivity contribution in [1.82, 2.24) is 24.6 Å². The Morgan fingerprint density at radius 3 is 2.87 bits per heavy atom. The summed E-state index contributed by atoms with van der Waals surface area (Å²) in [6.07, 6.45) is 4.37. The first-order valence-electron chi connectivity index (χ1n) is 8.16. The van der Waals surface area contributed by atoms with Crippen LogP contribution in [-0.4, -0.2) is 68.8 Å². The average Bonchev–Trinajstić information content (AvgIpc) is 3.12. The van der Waals surface area contributed by atoms with Crippen molar-refractivity contribution in [2.75, 3.05) is 26.7 Å². The molecule has 8 nitrogen and oxygen atoms in total. The van der Waals surface area contributed by atoms with Gasteiger partial charge in [0.2, 0.25) is 5.91 Å². The molecule has 1 unspecified atom stereocenters. The highest BCUT2D eigenvalue weighted by Gasteiger charge is 2.46. The van der Waals surface area contributed by atoms with Gasteiger partial charge >= 0.3 is 6.09 Å². The van der Waals surface area contributed by atoms with Crippen LogP contribution in [0.25, 0.3) is 0 Å². The highest BCUT2D eigenvalue weighted by Crippen LogP contribution is 2.33. The van der Waals surface area contributed by atoms with Crippen molar-refractivity contribution < 1.29 is 14.3 Å². The Kier molecular flexibility index (Phi) is 3.28. The molecular weight excluding hydrogens is 298 g/mol. The molecule has 8 heteroatoms. The molecule has 124 valence electrons. The lowest BCUT2D eigenvalue weighted by atomic mass is 9.90. The number of hydrogen-bond donors (Lipinski definition) is 0. The number of ether oxygens (including phenoxy) is 1. The number of likely N-dealkylation sites (tertiary alicyclic amines) is 1. The molecule has 1 atom stereocenters. The molecule has 3 aliphatic heterocycles. The maximum atomic E-state index is 12.8. The van der Waals surface area contributed by atoms with Crippen LogP contribution in [0.4, 0.5) is 4.79 Å². The van der Waals surface area contributed by atoms with Gasteiger partial charge in [-0.2, -0.15) is 5.10 Å². The molecule has 0 saturated carbocycles. The van der Waals surface area contributed by atoms with Gasteiger partial charge in [0, 0.05) is 39.4 Å². The SMILES string of the molecule is CN1CC2(CCN(C(=O)C3CCc4ncnn4C3)CC2)OC1=O. The molecule has 23 heavy (non-hydrogen) atoms. The standard InChI is InChI=1S/C15H21N5O3/c1-18-9-15(23-14(18)22)4-6-19(7-5-15)13(21)11-2-3-12-16-10-17-20(12)8-11/h10-11H,2-9H2,1H3. The summed E-state index contributed by atoms with van der Waals surface area (Å²) in [4.78, 5) is 32.1. The molecule has 2 fully saturated rings. The second-order valence-corrected chi connectivity index (χ2v) is 6.83. The van der Waals surface area contributed by atoms with E-state index in [1.807, 2.05) is 9.58 Å². The minimum Gasteiger partial charge on any atom is -0.441 e. The molecule has 0 radical (unpaired) electrons. The number of piperidine rings is 1. The topological polar surface area (TPSA) is 80.6 Å². The second-order valence-electron chi connectivity index (χ2n) is 6.83. The van der Waals surface area contributed by atoms with E-state index in [4.69, 9.17) is 4.74 Å². The lowest BCUT2D eigenvalue weighted by Crippen LogP contribution is -2.50.